The van der Waals surface area contributed by atoms with Crippen LogP contribution in [-0.4, -0.2) is 49.0 Å². The molecule has 1 N–H and O–H groups in total. The monoisotopic (exact) mass is 393 g/mol. The predicted molar refractivity (Wildman–Crippen MR) is 112 cm³/mol. The second-order valence-corrected chi connectivity index (χ2v) is 9.06. The van der Waals surface area contributed by atoms with Crippen LogP contribution >= 0.6 is 12.4 Å². The number of β-amino-alcohol motifs (C(OH)–C–C–N with tert-alkyl or cyclic N) is 1. The largest absolute Gasteiger partial charge is 0.389 e. The highest BCUT2D eigenvalue weighted by Gasteiger charge is 2.39. The third kappa shape index (κ3) is 5.93. The predicted octanol–water partition coefficient (Wildman–Crippen LogP) is 4.18. The summed E-state index contributed by atoms with van der Waals surface area (Å²) in [5, 5.41) is 10.3. The summed E-state index contributed by atoms with van der Waals surface area (Å²) in [7, 11) is 0. The summed E-state index contributed by atoms with van der Waals surface area (Å²) in [4.78, 5) is 2.42. The minimum Gasteiger partial charge on any atom is -0.389 e. The lowest BCUT2D eigenvalue weighted by molar-refractivity contribution is -0.00629. The fourth-order valence-electron chi connectivity index (χ4n) is 5.61. The molecule has 0 radical (unpaired) electrons. The Labute approximate surface area is 170 Å². The SMILES string of the molecule is Cl.OC(COCC1CC2CCC1C2)CN1CCC(Cc2ccccc2)CC1. The Balaban J connectivity index is 0.00000210. The van der Waals surface area contributed by atoms with Crippen molar-refractivity contribution < 1.29 is 9.84 Å². The van der Waals surface area contributed by atoms with Gasteiger partial charge in [0.05, 0.1) is 12.7 Å². The summed E-state index contributed by atoms with van der Waals surface area (Å²) in [5.74, 6) is 3.46. The molecule has 4 atom stereocenters. The molecule has 1 aliphatic heterocycles. The maximum Gasteiger partial charge on any atom is 0.0900 e. The summed E-state index contributed by atoms with van der Waals surface area (Å²) in [5.41, 5.74) is 1.46. The average Bonchev–Trinajstić information content (AvgIpc) is 3.27. The molecular formula is C23H36ClNO2. The molecule has 4 unspecified atom stereocenters. The zero-order chi connectivity index (χ0) is 17.8. The zero-order valence-corrected chi connectivity index (χ0v) is 17.3. The third-order valence-electron chi connectivity index (χ3n) is 7.07. The molecule has 4 rings (SSSR count). The highest BCUT2D eigenvalue weighted by molar-refractivity contribution is 5.85. The van der Waals surface area contributed by atoms with Gasteiger partial charge in [-0.1, -0.05) is 36.8 Å². The van der Waals surface area contributed by atoms with Gasteiger partial charge in [-0.3, -0.25) is 0 Å². The van der Waals surface area contributed by atoms with Gasteiger partial charge in [-0.25, -0.2) is 0 Å². The smallest absolute Gasteiger partial charge is 0.0900 e. The molecule has 0 spiro atoms. The number of benzene rings is 1. The van der Waals surface area contributed by atoms with Crippen LogP contribution in [0, 0.1) is 23.7 Å². The van der Waals surface area contributed by atoms with Gasteiger partial charge in [-0.2, -0.15) is 0 Å². The molecule has 0 aromatic heterocycles. The molecule has 3 fully saturated rings. The average molecular weight is 394 g/mol. The Bertz CT molecular complexity index is 547. The van der Waals surface area contributed by atoms with Crippen molar-refractivity contribution in [3.63, 3.8) is 0 Å². The fraction of sp³-hybridized carbons (Fsp3) is 0.739. The van der Waals surface area contributed by atoms with Crippen LogP contribution in [0.15, 0.2) is 30.3 Å². The number of hydrogen-bond donors (Lipinski definition) is 1. The molecule has 1 saturated heterocycles. The van der Waals surface area contributed by atoms with Crippen LogP contribution in [0.4, 0.5) is 0 Å². The topological polar surface area (TPSA) is 32.7 Å². The molecule has 2 bridgehead atoms. The quantitative estimate of drug-likeness (QED) is 0.719. The maximum atomic E-state index is 10.3. The number of halogens is 1. The first-order chi connectivity index (χ1) is 12.8. The number of aliphatic hydroxyl groups excluding tert-OH is 1. The molecule has 1 aromatic carbocycles. The van der Waals surface area contributed by atoms with Crippen molar-refractivity contribution in [3.05, 3.63) is 35.9 Å². The van der Waals surface area contributed by atoms with E-state index in [4.69, 9.17) is 4.74 Å². The van der Waals surface area contributed by atoms with Crippen LogP contribution in [0.2, 0.25) is 0 Å². The summed E-state index contributed by atoms with van der Waals surface area (Å²) < 4.78 is 5.90. The van der Waals surface area contributed by atoms with Crippen LogP contribution < -0.4 is 0 Å². The van der Waals surface area contributed by atoms with E-state index in [1.165, 1.54) is 50.5 Å². The van der Waals surface area contributed by atoms with E-state index in [1.807, 2.05) is 0 Å². The summed E-state index contributed by atoms with van der Waals surface area (Å²) in [6.07, 6.45) is 9.03. The lowest BCUT2D eigenvalue weighted by Crippen LogP contribution is -2.40. The molecule has 2 saturated carbocycles. The molecule has 3 aliphatic rings. The number of hydrogen-bond acceptors (Lipinski definition) is 3. The number of rotatable bonds is 8. The van der Waals surface area contributed by atoms with Crippen molar-refractivity contribution >= 4 is 12.4 Å². The number of fused-ring (bicyclic) bond motifs is 2. The Morgan fingerprint density at radius 1 is 1.04 bits per heavy atom. The van der Waals surface area contributed by atoms with Gasteiger partial charge in [0.1, 0.15) is 0 Å². The normalized spacial score (nSPS) is 29.6. The zero-order valence-electron chi connectivity index (χ0n) is 16.5. The van der Waals surface area contributed by atoms with Gasteiger partial charge in [0.15, 0.2) is 0 Å². The minimum absolute atomic E-state index is 0. The van der Waals surface area contributed by atoms with E-state index in [0.29, 0.717) is 6.61 Å². The van der Waals surface area contributed by atoms with E-state index >= 15 is 0 Å². The van der Waals surface area contributed by atoms with Gasteiger partial charge >= 0.3 is 0 Å². The first kappa shape index (κ1) is 21.1. The van der Waals surface area contributed by atoms with Crippen molar-refractivity contribution in [3.8, 4) is 0 Å². The molecule has 2 aliphatic carbocycles. The van der Waals surface area contributed by atoms with Gasteiger partial charge in [0.25, 0.3) is 0 Å². The van der Waals surface area contributed by atoms with Crippen LogP contribution in [0.3, 0.4) is 0 Å². The van der Waals surface area contributed by atoms with Gasteiger partial charge in [0.2, 0.25) is 0 Å². The molecule has 152 valence electrons. The number of likely N-dealkylation sites (tertiary alicyclic amines) is 1. The van der Waals surface area contributed by atoms with Gasteiger partial charge in [0, 0.05) is 13.2 Å². The molecule has 3 nitrogen and oxygen atoms in total. The van der Waals surface area contributed by atoms with E-state index in [-0.39, 0.29) is 18.5 Å². The van der Waals surface area contributed by atoms with E-state index in [2.05, 4.69) is 35.2 Å². The second kappa shape index (κ2) is 10.2. The molecule has 1 aromatic rings. The summed E-state index contributed by atoms with van der Waals surface area (Å²) in [6.45, 7) is 4.38. The van der Waals surface area contributed by atoms with Crippen LogP contribution in [0.25, 0.3) is 0 Å². The molecule has 27 heavy (non-hydrogen) atoms. The standard InChI is InChI=1S/C23H35NO2.ClH/c25-23(17-26-16-22-14-20-6-7-21(22)13-20)15-24-10-8-19(9-11-24)12-18-4-2-1-3-5-18;/h1-5,19-23,25H,6-17H2;1H. The van der Waals surface area contributed by atoms with Gasteiger partial charge in [-0.05, 0) is 80.8 Å². The van der Waals surface area contributed by atoms with Crippen molar-refractivity contribution in [1.29, 1.82) is 0 Å². The van der Waals surface area contributed by atoms with Crippen molar-refractivity contribution in [2.45, 2.75) is 51.0 Å². The second-order valence-electron chi connectivity index (χ2n) is 9.06. The van der Waals surface area contributed by atoms with E-state index in [1.54, 1.807) is 0 Å². The highest BCUT2D eigenvalue weighted by Crippen LogP contribution is 2.48. The van der Waals surface area contributed by atoms with E-state index in [9.17, 15) is 5.11 Å². The maximum absolute atomic E-state index is 10.3. The number of piperidine rings is 1. The highest BCUT2D eigenvalue weighted by atomic mass is 35.5. The van der Waals surface area contributed by atoms with Gasteiger partial charge in [-0.15, -0.1) is 12.4 Å². The molecular weight excluding hydrogens is 358 g/mol. The number of ether oxygens (including phenoxy) is 1. The molecule has 0 amide bonds. The first-order valence-corrected chi connectivity index (χ1v) is 10.8. The summed E-state index contributed by atoms with van der Waals surface area (Å²) in [6, 6.07) is 10.8. The lowest BCUT2D eigenvalue weighted by atomic mass is 9.89. The molecule has 1 heterocycles. The minimum atomic E-state index is -0.334. The number of nitrogens with zero attached hydrogens (tertiary/aromatic N) is 1. The van der Waals surface area contributed by atoms with Crippen molar-refractivity contribution in [2.75, 3.05) is 32.8 Å². The molecule has 4 heteroatoms. The van der Waals surface area contributed by atoms with E-state index < -0.39 is 0 Å². The van der Waals surface area contributed by atoms with Crippen molar-refractivity contribution in [2.24, 2.45) is 23.7 Å². The third-order valence-corrected chi connectivity index (χ3v) is 7.07. The van der Waals surface area contributed by atoms with E-state index in [0.717, 1.165) is 49.9 Å². The lowest BCUT2D eigenvalue weighted by Gasteiger charge is -2.33. The number of aliphatic hydroxyl groups is 1. The Morgan fingerprint density at radius 2 is 1.81 bits per heavy atom. The van der Waals surface area contributed by atoms with Crippen LogP contribution in [0.5, 0.6) is 0 Å². The fourth-order valence-corrected chi connectivity index (χ4v) is 5.61. The van der Waals surface area contributed by atoms with Crippen LogP contribution in [0.1, 0.15) is 44.1 Å². The van der Waals surface area contributed by atoms with Crippen molar-refractivity contribution in [1.82, 2.24) is 4.90 Å². The van der Waals surface area contributed by atoms with Gasteiger partial charge < -0.3 is 14.7 Å². The Hall–Kier alpha value is -0.610. The van der Waals surface area contributed by atoms with Crippen LogP contribution in [-0.2, 0) is 11.2 Å². The Kier molecular flexibility index (Phi) is 8.01. The summed E-state index contributed by atoms with van der Waals surface area (Å²) >= 11 is 0. The Morgan fingerprint density at radius 3 is 2.48 bits per heavy atom. The first-order valence-electron chi connectivity index (χ1n) is 10.8.